The van der Waals surface area contributed by atoms with Crippen LogP contribution in [0.15, 0.2) is 102 Å². The summed E-state index contributed by atoms with van der Waals surface area (Å²) in [4.78, 5) is 35.2. The van der Waals surface area contributed by atoms with E-state index in [1.807, 2.05) is 72.8 Å². The van der Waals surface area contributed by atoms with Gasteiger partial charge in [-0.05, 0) is 77.1 Å². The Balaban J connectivity index is 1.26. The molecule has 1 fully saturated rings. The first-order valence-electron chi connectivity index (χ1n) is 16.4. The maximum absolute atomic E-state index is 12.4. The smallest absolute Gasteiger partial charge is 0.335 e. The Kier molecular flexibility index (Phi) is 13.0. The van der Waals surface area contributed by atoms with Gasteiger partial charge >= 0.3 is 11.9 Å². The third-order valence-corrected chi connectivity index (χ3v) is 9.50. The van der Waals surface area contributed by atoms with E-state index in [1.165, 1.54) is 0 Å². The highest BCUT2D eigenvalue weighted by Gasteiger charge is 2.32. The number of ether oxygens (including phenoxy) is 2. The number of hydrogen-bond donors (Lipinski definition) is 4. The van der Waals surface area contributed by atoms with Crippen molar-refractivity contribution in [1.29, 1.82) is 0 Å². The van der Waals surface area contributed by atoms with E-state index in [4.69, 9.17) is 14.6 Å². The van der Waals surface area contributed by atoms with Crippen LogP contribution in [0.25, 0.3) is 11.1 Å². The van der Waals surface area contributed by atoms with E-state index in [-0.39, 0.29) is 36.7 Å². The molecule has 1 saturated heterocycles. The third-order valence-electron chi connectivity index (χ3n) is 8.36. The van der Waals surface area contributed by atoms with E-state index in [0.717, 1.165) is 38.3 Å². The molecule has 0 aliphatic carbocycles. The highest BCUT2D eigenvalue weighted by molar-refractivity contribution is 7.99. The number of aliphatic carboxylic acids is 1. The van der Waals surface area contributed by atoms with Crippen LogP contribution < -0.4 is 5.32 Å². The molecule has 49 heavy (non-hydrogen) atoms. The first kappa shape index (κ1) is 35.8. The number of nitrogens with one attached hydrogen (secondary N) is 1. The van der Waals surface area contributed by atoms with Crippen molar-refractivity contribution in [3.63, 3.8) is 0 Å². The molecule has 0 radical (unpaired) electrons. The molecule has 1 amide bonds. The van der Waals surface area contributed by atoms with Crippen LogP contribution in [-0.2, 0) is 32.2 Å². The zero-order valence-electron chi connectivity index (χ0n) is 27.1. The molecule has 9 nitrogen and oxygen atoms in total. The second-order valence-corrected chi connectivity index (χ2v) is 13.1. The average Bonchev–Trinajstić information content (AvgIpc) is 3.13. The first-order chi connectivity index (χ1) is 23.8. The van der Waals surface area contributed by atoms with Crippen molar-refractivity contribution in [1.82, 2.24) is 5.32 Å². The predicted molar refractivity (Wildman–Crippen MR) is 187 cm³/mol. The Hall–Kier alpha value is -4.48. The molecular formula is C39H41NO8S. The van der Waals surface area contributed by atoms with Gasteiger partial charge in [0.25, 0.3) is 0 Å². The number of amides is 1. The van der Waals surface area contributed by atoms with Crippen molar-refractivity contribution in [2.24, 2.45) is 0 Å². The van der Waals surface area contributed by atoms with Gasteiger partial charge in [-0.1, -0.05) is 67.1 Å². The number of aromatic carboxylic acids is 1. The number of aliphatic hydroxyl groups is 1. The van der Waals surface area contributed by atoms with Crippen LogP contribution in [0.4, 0.5) is 0 Å². The van der Waals surface area contributed by atoms with Crippen molar-refractivity contribution in [2.45, 2.75) is 75.1 Å². The number of carbonyl (C=O) groups is 3. The summed E-state index contributed by atoms with van der Waals surface area (Å²) >= 11 is 1.61. The monoisotopic (exact) mass is 683 g/mol. The number of rotatable bonds is 16. The number of aliphatic hydroxyl groups excluding tert-OH is 1. The maximum Gasteiger partial charge on any atom is 0.335 e. The van der Waals surface area contributed by atoms with Crippen LogP contribution in [-0.4, -0.2) is 45.0 Å². The molecule has 1 aliphatic heterocycles. The van der Waals surface area contributed by atoms with Gasteiger partial charge in [0.05, 0.1) is 24.4 Å². The molecule has 1 heterocycles. The summed E-state index contributed by atoms with van der Waals surface area (Å²) in [5, 5.41) is 30.5. The van der Waals surface area contributed by atoms with Gasteiger partial charge in [-0.25, -0.2) is 4.79 Å². The van der Waals surface area contributed by atoms with Crippen molar-refractivity contribution >= 4 is 29.6 Å². The molecule has 1 aliphatic rings. The fraction of sp³-hybridized carbons (Fsp3) is 0.308. The van der Waals surface area contributed by atoms with Crippen LogP contribution in [0.3, 0.4) is 0 Å². The first-order valence-corrected chi connectivity index (χ1v) is 17.4. The van der Waals surface area contributed by atoms with E-state index in [0.29, 0.717) is 44.4 Å². The highest BCUT2D eigenvalue weighted by Crippen LogP contribution is 2.40. The Bertz CT molecular complexity index is 1710. The second kappa shape index (κ2) is 17.8. The minimum Gasteiger partial charge on any atom is -0.481 e. The van der Waals surface area contributed by atoms with Gasteiger partial charge in [0.1, 0.15) is 0 Å². The molecule has 5 rings (SSSR count). The lowest BCUT2D eigenvalue weighted by Crippen LogP contribution is -2.31. The number of thioether (sulfide) groups is 1. The summed E-state index contributed by atoms with van der Waals surface area (Å²) in [6.45, 7) is 0.361. The molecule has 0 saturated carbocycles. The predicted octanol–water partition coefficient (Wildman–Crippen LogP) is 7.53. The number of carboxylic acid groups (broad SMARTS) is 2. The standard InChI is InChI=1S/C39H41NO8S/c41-24-26-12-14-28(15-13-26)35-22-33(25-49-34-18-16-29(17-19-34)38(45)46)47-39(48-35)32-9-5-8-31(21-32)30-7-4-6-27(20-30)23-40-36(42)10-2-1-3-11-37(43)44/h4-9,12-21,33,35,39,41H,1-3,10-11,22-25H2,(H,40,42)(H,43,44)(H,45,46)/t33-,35+,39+/m0/s1. The molecule has 4 aromatic rings. The molecular weight excluding hydrogens is 642 g/mol. The normalized spacial score (nSPS) is 17.4. The van der Waals surface area contributed by atoms with Gasteiger partial charge in [0.2, 0.25) is 5.91 Å². The van der Waals surface area contributed by atoms with Crippen molar-refractivity contribution in [2.75, 3.05) is 5.75 Å². The zero-order chi connectivity index (χ0) is 34.6. The van der Waals surface area contributed by atoms with Crippen molar-refractivity contribution in [3.8, 4) is 11.1 Å². The van der Waals surface area contributed by atoms with Crippen LogP contribution in [0.5, 0.6) is 0 Å². The summed E-state index contributed by atoms with van der Waals surface area (Å²) in [5.74, 6) is -1.18. The van der Waals surface area contributed by atoms with Crippen LogP contribution >= 0.6 is 11.8 Å². The minimum atomic E-state index is -0.957. The minimum absolute atomic E-state index is 0.0337. The van der Waals surface area contributed by atoms with Gasteiger partial charge in [-0.3, -0.25) is 9.59 Å². The van der Waals surface area contributed by atoms with E-state index in [1.54, 1.807) is 23.9 Å². The Morgan fingerprint density at radius 1 is 0.755 bits per heavy atom. The quantitative estimate of drug-likeness (QED) is 0.0696. The van der Waals surface area contributed by atoms with Gasteiger partial charge in [-0.15, -0.1) is 11.8 Å². The van der Waals surface area contributed by atoms with Crippen molar-refractivity contribution in [3.05, 3.63) is 125 Å². The van der Waals surface area contributed by atoms with Crippen LogP contribution in [0.1, 0.15) is 83.5 Å². The highest BCUT2D eigenvalue weighted by atomic mass is 32.2. The Labute approximate surface area is 290 Å². The number of carbonyl (C=O) groups excluding carboxylic acids is 1. The average molecular weight is 684 g/mol. The summed E-state index contributed by atoms with van der Waals surface area (Å²) < 4.78 is 13.1. The van der Waals surface area contributed by atoms with E-state index in [2.05, 4.69) is 17.4 Å². The fourth-order valence-corrected chi connectivity index (χ4v) is 6.58. The van der Waals surface area contributed by atoms with Gasteiger partial charge < -0.3 is 30.1 Å². The van der Waals surface area contributed by atoms with Gasteiger partial charge in [0.15, 0.2) is 6.29 Å². The molecule has 4 aromatic carbocycles. The number of hydrogen-bond acceptors (Lipinski definition) is 7. The lowest BCUT2D eigenvalue weighted by molar-refractivity contribution is -0.245. The SMILES string of the molecule is O=C(O)CCCCCC(=O)NCc1cccc(-c2cccc([C@@H]3O[C@H](CSc4ccc(C(=O)O)cc4)C[C@H](c4ccc(CO)cc4)O3)c2)c1. The molecule has 0 bridgehead atoms. The van der Waals surface area contributed by atoms with Gasteiger partial charge in [0, 0.05) is 42.0 Å². The largest absolute Gasteiger partial charge is 0.481 e. The van der Waals surface area contributed by atoms with E-state index in [9.17, 15) is 24.6 Å². The summed E-state index contributed by atoms with van der Waals surface area (Å²) in [5.41, 5.74) is 5.88. The van der Waals surface area contributed by atoms with E-state index < -0.39 is 18.2 Å². The van der Waals surface area contributed by atoms with E-state index >= 15 is 0 Å². The van der Waals surface area contributed by atoms with Crippen molar-refractivity contribution < 1.29 is 39.2 Å². The molecule has 10 heteroatoms. The Morgan fingerprint density at radius 3 is 2.18 bits per heavy atom. The molecule has 4 N–H and O–H groups in total. The lowest BCUT2D eigenvalue weighted by atomic mass is 9.99. The fourth-order valence-electron chi connectivity index (χ4n) is 5.66. The second-order valence-electron chi connectivity index (χ2n) is 12.0. The maximum atomic E-state index is 12.4. The van der Waals surface area contributed by atoms with Crippen LogP contribution in [0.2, 0.25) is 0 Å². The lowest BCUT2D eigenvalue weighted by Gasteiger charge is -2.36. The van der Waals surface area contributed by atoms with Crippen LogP contribution in [0, 0.1) is 0 Å². The third kappa shape index (κ3) is 10.8. The number of carboxylic acids is 2. The Morgan fingerprint density at radius 2 is 1.47 bits per heavy atom. The molecule has 0 spiro atoms. The molecule has 3 atom stereocenters. The number of unbranched alkanes of at least 4 members (excludes halogenated alkanes) is 2. The molecule has 0 unspecified atom stereocenters. The topological polar surface area (TPSA) is 142 Å². The zero-order valence-corrected chi connectivity index (χ0v) is 27.9. The molecule has 256 valence electrons. The molecule has 0 aromatic heterocycles. The van der Waals surface area contributed by atoms with Gasteiger partial charge in [-0.2, -0.15) is 0 Å². The number of benzene rings is 4. The summed E-state index contributed by atoms with van der Waals surface area (Å²) in [6.07, 6.45) is 2.04. The summed E-state index contributed by atoms with van der Waals surface area (Å²) in [6, 6.07) is 30.6. The summed E-state index contributed by atoms with van der Waals surface area (Å²) in [7, 11) is 0.